The van der Waals surface area contributed by atoms with Gasteiger partial charge in [0, 0.05) is 0 Å². The summed E-state index contributed by atoms with van der Waals surface area (Å²) in [5.41, 5.74) is 18.7. The van der Waals surface area contributed by atoms with Crippen LogP contribution < -0.4 is 22.9 Å². The van der Waals surface area contributed by atoms with E-state index >= 15 is 0 Å². The highest BCUT2D eigenvalue weighted by atomic mass is 16.4. The smallest absolute Gasteiger partial charge is 0.321 e. The number of carbonyl (C=O) groups excluding carboxylic acids is 1. The number of hydrogen-bond donors (Lipinski definition) is 7. The van der Waals surface area contributed by atoms with Crippen molar-refractivity contribution in [2.24, 2.45) is 22.9 Å². The van der Waals surface area contributed by atoms with Gasteiger partial charge in [0.15, 0.2) is 0 Å². The van der Waals surface area contributed by atoms with Gasteiger partial charge in [-0.15, -0.1) is 0 Å². The maximum atomic E-state index is 9.99. The van der Waals surface area contributed by atoms with Crippen molar-refractivity contribution >= 4 is 23.8 Å². The Bertz CT molecular complexity index is 293. The molecule has 0 aromatic heterocycles. The fraction of sp³-hybridized carbons (Fsp3) is 0.500. The van der Waals surface area contributed by atoms with Crippen molar-refractivity contribution < 1.29 is 34.5 Å². The Hall–Kier alpha value is -2.24. The molecule has 0 saturated carbocycles. The highest BCUT2D eigenvalue weighted by molar-refractivity contribution is 5.83. The van der Waals surface area contributed by atoms with Gasteiger partial charge in [0.05, 0.1) is 19.5 Å². The fourth-order valence-corrected chi connectivity index (χ4v) is 0.304. The summed E-state index contributed by atoms with van der Waals surface area (Å²) >= 11 is 0. The van der Waals surface area contributed by atoms with Gasteiger partial charge in [0.25, 0.3) is 0 Å². The fourth-order valence-electron chi connectivity index (χ4n) is 0.304. The average Bonchev–Trinajstić information content (AvgIpc) is 2.29. The Balaban J connectivity index is -0.000000219. The zero-order chi connectivity index (χ0) is 16.0. The minimum Gasteiger partial charge on any atom is -0.480 e. The number of primary amides is 1. The van der Waals surface area contributed by atoms with Gasteiger partial charge < -0.3 is 38.3 Å². The molecule has 0 aliphatic carbocycles. The second-order valence-corrected chi connectivity index (χ2v) is 2.81. The van der Waals surface area contributed by atoms with E-state index in [2.05, 4.69) is 17.2 Å². The Kier molecular flexibility index (Phi) is 16.0. The molecule has 0 aliphatic heterocycles. The van der Waals surface area contributed by atoms with Gasteiger partial charge in [-0.2, -0.15) is 0 Å². The largest absolute Gasteiger partial charge is 0.480 e. The predicted octanol–water partition coefficient (Wildman–Crippen LogP) is -3.67. The topological polar surface area (TPSA) is 233 Å². The van der Waals surface area contributed by atoms with E-state index in [9.17, 15) is 19.2 Å². The van der Waals surface area contributed by atoms with Crippen LogP contribution in [0.25, 0.3) is 0 Å². The zero-order valence-electron chi connectivity index (χ0n) is 9.98. The third kappa shape index (κ3) is 31.3. The van der Waals surface area contributed by atoms with Gasteiger partial charge in [-0.05, 0) is 0 Å². The van der Waals surface area contributed by atoms with Crippen LogP contribution in [0.3, 0.4) is 0 Å². The van der Waals surface area contributed by atoms with E-state index in [-0.39, 0.29) is 19.5 Å². The number of carbonyl (C=O) groups is 4. The van der Waals surface area contributed by atoms with E-state index in [0.717, 1.165) is 0 Å². The summed E-state index contributed by atoms with van der Waals surface area (Å²) in [6.45, 7) is -0.556. The molecule has 0 fully saturated rings. The van der Waals surface area contributed by atoms with E-state index < -0.39 is 29.9 Å². The third-order valence-electron chi connectivity index (χ3n) is 1.09. The maximum Gasteiger partial charge on any atom is 0.321 e. The maximum absolute atomic E-state index is 9.99. The third-order valence-corrected chi connectivity index (χ3v) is 1.09. The van der Waals surface area contributed by atoms with Crippen LogP contribution in [0.2, 0.25) is 0 Å². The number of rotatable bonds is 5. The molecule has 0 saturated heterocycles. The van der Waals surface area contributed by atoms with E-state index in [1.807, 2.05) is 0 Å². The minimum absolute atomic E-state index is 0.278. The molecule has 11 nitrogen and oxygen atoms in total. The lowest BCUT2D eigenvalue weighted by Gasteiger charge is -1.99. The quantitative estimate of drug-likeness (QED) is 0.261. The van der Waals surface area contributed by atoms with Crippen LogP contribution in [0.4, 0.5) is 0 Å². The first kappa shape index (κ1) is 22.0. The second-order valence-electron chi connectivity index (χ2n) is 2.81. The number of aliphatic carboxylic acids is 3. The molecule has 11 heteroatoms. The number of hydrogen-bond acceptors (Lipinski definition) is 7. The van der Waals surface area contributed by atoms with E-state index in [0.29, 0.717) is 0 Å². The molecule has 0 aromatic rings. The molecule has 0 aliphatic rings. The molecule has 19 heavy (non-hydrogen) atoms. The van der Waals surface area contributed by atoms with Crippen molar-refractivity contribution in [1.29, 1.82) is 0 Å². The molecule has 0 bridgehead atoms. The van der Waals surface area contributed by atoms with Gasteiger partial charge in [-0.1, -0.05) is 0 Å². The molecule has 11 N–H and O–H groups in total. The van der Waals surface area contributed by atoms with Gasteiger partial charge in [0.2, 0.25) is 5.91 Å². The first-order valence-corrected chi connectivity index (χ1v) is 4.68. The molecule has 0 radical (unpaired) electrons. The molecule has 1 atom stereocenters. The summed E-state index contributed by atoms with van der Waals surface area (Å²) in [4.78, 5) is 38.4. The van der Waals surface area contributed by atoms with Crippen LogP contribution in [-0.2, 0) is 19.2 Å². The summed E-state index contributed by atoms with van der Waals surface area (Å²) in [6.07, 6.45) is -0.310. The van der Waals surface area contributed by atoms with Gasteiger partial charge in [0.1, 0.15) is 6.04 Å². The van der Waals surface area contributed by atoms with Crippen molar-refractivity contribution in [1.82, 2.24) is 0 Å². The van der Waals surface area contributed by atoms with Gasteiger partial charge in [-0.25, -0.2) is 0 Å². The number of carboxylic acid groups (broad SMARTS) is 3. The molecule has 0 aromatic carbocycles. The van der Waals surface area contributed by atoms with Crippen LogP contribution in [-0.4, -0.2) is 58.3 Å². The SMILES string of the molecule is NC(=O)CC(N)C(=O)O.NCC(=O)O.NCC(=O)O. The highest BCUT2D eigenvalue weighted by Crippen LogP contribution is 1.84. The minimum atomic E-state index is -1.21. The van der Waals surface area contributed by atoms with Crippen molar-refractivity contribution in [2.45, 2.75) is 12.5 Å². The zero-order valence-corrected chi connectivity index (χ0v) is 9.98. The normalized spacial score (nSPS) is 9.84. The first-order chi connectivity index (χ1) is 8.58. The summed E-state index contributed by atoms with van der Waals surface area (Å²) < 4.78 is 0. The Morgan fingerprint density at radius 1 is 0.895 bits per heavy atom. The molecule has 0 spiro atoms. The molecular formula is C8H18N4O7. The average molecular weight is 282 g/mol. The number of carboxylic acids is 3. The lowest BCUT2D eigenvalue weighted by Crippen LogP contribution is -2.34. The van der Waals surface area contributed by atoms with Crippen LogP contribution in [0.1, 0.15) is 6.42 Å². The molecule has 1 amide bonds. The molecular weight excluding hydrogens is 264 g/mol. The second kappa shape index (κ2) is 13.8. The van der Waals surface area contributed by atoms with Gasteiger partial charge in [-0.3, -0.25) is 19.2 Å². The van der Waals surface area contributed by atoms with Crippen molar-refractivity contribution in [2.75, 3.05) is 13.1 Å². The summed E-state index contributed by atoms with van der Waals surface area (Å²) in [5, 5.41) is 23.3. The van der Waals surface area contributed by atoms with Crippen LogP contribution in [0.5, 0.6) is 0 Å². The lowest BCUT2D eigenvalue weighted by molar-refractivity contribution is -0.140. The van der Waals surface area contributed by atoms with Crippen LogP contribution in [0, 0.1) is 0 Å². The highest BCUT2D eigenvalue weighted by Gasteiger charge is 2.13. The standard InChI is InChI=1S/C4H8N2O3.2C2H5NO2/c5-2(4(8)9)1-3(6)7;2*3-1-2(4)5/h2H,1,5H2,(H2,6,7)(H,8,9);2*1,3H2,(H,4,5). The molecule has 0 heterocycles. The lowest BCUT2D eigenvalue weighted by atomic mass is 10.2. The monoisotopic (exact) mass is 282 g/mol. The van der Waals surface area contributed by atoms with Crippen LogP contribution >= 0.6 is 0 Å². The van der Waals surface area contributed by atoms with Crippen molar-refractivity contribution in [3.8, 4) is 0 Å². The number of amides is 1. The molecule has 0 rings (SSSR count). The first-order valence-electron chi connectivity index (χ1n) is 4.68. The van der Waals surface area contributed by atoms with E-state index in [4.69, 9.17) is 21.1 Å². The Morgan fingerprint density at radius 3 is 1.21 bits per heavy atom. The van der Waals surface area contributed by atoms with Crippen molar-refractivity contribution in [3.05, 3.63) is 0 Å². The molecule has 112 valence electrons. The predicted molar refractivity (Wildman–Crippen MR) is 62.8 cm³/mol. The summed E-state index contributed by atoms with van der Waals surface area (Å²) in [7, 11) is 0. The number of nitrogens with two attached hydrogens (primary N) is 4. The summed E-state index contributed by atoms with van der Waals surface area (Å²) in [5.74, 6) is -3.85. The van der Waals surface area contributed by atoms with Gasteiger partial charge >= 0.3 is 17.9 Å². The molecule has 1 unspecified atom stereocenters. The Labute approximate surface area is 108 Å². The van der Waals surface area contributed by atoms with E-state index in [1.54, 1.807) is 0 Å². The van der Waals surface area contributed by atoms with Crippen LogP contribution in [0.15, 0.2) is 0 Å². The summed E-state index contributed by atoms with van der Waals surface area (Å²) in [6, 6.07) is -1.16. The Morgan fingerprint density at radius 2 is 1.16 bits per heavy atom. The van der Waals surface area contributed by atoms with E-state index in [1.165, 1.54) is 0 Å². The van der Waals surface area contributed by atoms with Crippen molar-refractivity contribution in [3.63, 3.8) is 0 Å².